The number of piperazine rings is 1. The molecule has 3 aromatic carbocycles. The van der Waals surface area contributed by atoms with Crippen molar-refractivity contribution in [2.24, 2.45) is 0 Å². The van der Waals surface area contributed by atoms with E-state index in [0.29, 0.717) is 35.9 Å². The number of nitrogens with zero attached hydrogens (tertiary/aromatic N) is 4. The maximum Gasteiger partial charge on any atom is 0.143 e. The zero-order valence-electron chi connectivity index (χ0n) is 21.9. The molecule has 1 fully saturated rings. The van der Waals surface area contributed by atoms with Crippen molar-refractivity contribution in [1.29, 1.82) is 5.26 Å². The van der Waals surface area contributed by atoms with Crippen LogP contribution in [-0.4, -0.2) is 61.0 Å². The van der Waals surface area contributed by atoms with E-state index in [1.807, 2.05) is 32.2 Å². The molecule has 6 rings (SSSR count). The molecule has 1 saturated heterocycles. The molecule has 38 heavy (non-hydrogen) atoms. The van der Waals surface area contributed by atoms with Gasteiger partial charge in [-0.15, -0.1) is 0 Å². The van der Waals surface area contributed by atoms with Crippen molar-refractivity contribution < 1.29 is 9.13 Å². The number of aromatic amines is 1. The molecule has 0 radical (unpaired) electrons. The van der Waals surface area contributed by atoms with E-state index >= 15 is 4.39 Å². The fourth-order valence-corrected chi connectivity index (χ4v) is 5.91. The highest BCUT2D eigenvalue weighted by Gasteiger charge is 2.32. The van der Waals surface area contributed by atoms with Gasteiger partial charge in [-0.25, -0.2) is 4.39 Å². The Morgan fingerprint density at radius 1 is 1.21 bits per heavy atom. The number of anilines is 1. The molecule has 0 aliphatic carbocycles. The topological polar surface area (TPSA) is 80.2 Å². The summed E-state index contributed by atoms with van der Waals surface area (Å²) in [4.78, 5) is 4.92. The van der Waals surface area contributed by atoms with E-state index in [-0.39, 0.29) is 5.82 Å². The Morgan fingerprint density at radius 3 is 2.84 bits per heavy atom. The molecule has 4 aromatic rings. The third-order valence-electron chi connectivity index (χ3n) is 7.81. The molecular formula is C30H31FN6O. The SMILES string of the molecule is CCN1CCN2c3ccc(-c4n[nH]c5cc(C#N)c(-c6c(C)cc(CNC)cc6F)cc45)cc3OCC2C1. The number of nitriles is 1. The number of hydrogen-bond donors (Lipinski definition) is 2. The maximum atomic E-state index is 15.4. The molecule has 0 saturated carbocycles. The van der Waals surface area contributed by atoms with Crippen molar-refractivity contribution in [2.45, 2.75) is 26.4 Å². The van der Waals surface area contributed by atoms with E-state index in [1.54, 1.807) is 6.07 Å². The second-order valence-electron chi connectivity index (χ2n) is 10.2. The number of hydrogen-bond acceptors (Lipinski definition) is 6. The van der Waals surface area contributed by atoms with Gasteiger partial charge in [0.2, 0.25) is 0 Å². The lowest BCUT2D eigenvalue weighted by molar-refractivity contribution is 0.172. The number of nitrogens with one attached hydrogen (secondary N) is 2. The minimum Gasteiger partial charge on any atom is -0.489 e. The molecule has 0 spiro atoms. The third kappa shape index (κ3) is 4.08. The number of rotatable bonds is 5. The first-order chi connectivity index (χ1) is 18.5. The van der Waals surface area contributed by atoms with Crippen molar-refractivity contribution in [3.05, 3.63) is 65.0 Å². The van der Waals surface area contributed by atoms with Crippen LogP contribution in [0.3, 0.4) is 0 Å². The summed E-state index contributed by atoms with van der Waals surface area (Å²) in [6, 6.07) is 16.0. The molecule has 2 aliphatic rings. The normalized spacial score (nSPS) is 17.1. The monoisotopic (exact) mass is 510 g/mol. The Hall–Kier alpha value is -3.93. The quantitative estimate of drug-likeness (QED) is 0.400. The summed E-state index contributed by atoms with van der Waals surface area (Å²) in [7, 11) is 1.83. The van der Waals surface area contributed by atoms with Crippen LogP contribution in [0.5, 0.6) is 5.75 Å². The minimum absolute atomic E-state index is 0.337. The van der Waals surface area contributed by atoms with Gasteiger partial charge in [-0.2, -0.15) is 10.4 Å². The number of likely N-dealkylation sites (N-methyl/N-ethyl adjacent to an activating group) is 1. The summed E-state index contributed by atoms with van der Waals surface area (Å²) in [5.74, 6) is 0.520. The van der Waals surface area contributed by atoms with Crippen LogP contribution in [0.15, 0.2) is 42.5 Å². The van der Waals surface area contributed by atoms with E-state index in [2.05, 4.69) is 50.4 Å². The highest BCUT2D eigenvalue weighted by Crippen LogP contribution is 2.41. The molecule has 1 unspecified atom stereocenters. The zero-order chi connectivity index (χ0) is 26.4. The lowest BCUT2D eigenvalue weighted by Gasteiger charge is -2.45. The zero-order valence-corrected chi connectivity index (χ0v) is 21.9. The first kappa shape index (κ1) is 24.4. The number of aromatic nitrogens is 2. The summed E-state index contributed by atoms with van der Waals surface area (Å²) in [6.45, 7) is 9.42. The first-order valence-electron chi connectivity index (χ1n) is 13.1. The Balaban J connectivity index is 1.41. The molecule has 1 atom stereocenters. The standard InChI is InChI=1S/C30H31FN6O/c1-4-36-7-8-37-22(16-36)17-38-28-12-20(5-6-27(28)37)30-24-13-23(21(14-32)11-26(24)34-35-30)29-18(2)9-19(15-33-3)10-25(29)31/h5-6,9-13,22,33H,4,7-8,15-17H2,1-3H3,(H,34,35). The summed E-state index contributed by atoms with van der Waals surface area (Å²) in [6.07, 6.45) is 0. The molecular weight excluding hydrogens is 479 g/mol. The highest BCUT2D eigenvalue weighted by atomic mass is 19.1. The van der Waals surface area contributed by atoms with Crippen LogP contribution >= 0.6 is 0 Å². The predicted octanol–water partition coefficient (Wildman–Crippen LogP) is 4.84. The third-order valence-corrected chi connectivity index (χ3v) is 7.81. The van der Waals surface area contributed by atoms with E-state index in [1.165, 1.54) is 6.07 Å². The van der Waals surface area contributed by atoms with Crippen LogP contribution < -0.4 is 15.0 Å². The largest absolute Gasteiger partial charge is 0.489 e. The Morgan fingerprint density at radius 2 is 2.08 bits per heavy atom. The summed E-state index contributed by atoms with van der Waals surface area (Å²) < 4.78 is 21.6. The molecule has 194 valence electrons. The van der Waals surface area contributed by atoms with E-state index in [9.17, 15) is 5.26 Å². The van der Waals surface area contributed by atoms with Gasteiger partial charge in [0.15, 0.2) is 0 Å². The molecule has 3 heterocycles. The fraction of sp³-hybridized carbons (Fsp3) is 0.333. The number of fused-ring (bicyclic) bond motifs is 4. The maximum absolute atomic E-state index is 15.4. The molecule has 8 heteroatoms. The number of halogens is 1. The molecule has 1 aromatic heterocycles. The van der Waals surface area contributed by atoms with Gasteiger partial charge in [-0.3, -0.25) is 10.00 Å². The van der Waals surface area contributed by atoms with Crippen molar-refractivity contribution in [3.63, 3.8) is 0 Å². The fourth-order valence-electron chi connectivity index (χ4n) is 5.91. The van der Waals surface area contributed by atoms with Gasteiger partial charge in [0, 0.05) is 48.3 Å². The Kier molecular flexibility index (Phi) is 6.26. The smallest absolute Gasteiger partial charge is 0.143 e. The van der Waals surface area contributed by atoms with E-state index in [0.717, 1.165) is 70.9 Å². The van der Waals surface area contributed by atoms with Crippen LogP contribution in [0.2, 0.25) is 0 Å². The predicted molar refractivity (Wildman–Crippen MR) is 148 cm³/mol. The summed E-state index contributed by atoms with van der Waals surface area (Å²) >= 11 is 0. The van der Waals surface area contributed by atoms with Gasteiger partial charge >= 0.3 is 0 Å². The van der Waals surface area contributed by atoms with Crippen molar-refractivity contribution >= 4 is 16.6 Å². The van der Waals surface area contributed by atoms with Crippen LogP contribution in [0.4, 0.5) is 10.1 Å². The number of benzene rings is 3. The Bertz CT molecular complexity index is 1550. The van der Waals surface area contributed by atoms with Gasteiger partial charge in [0.25, 0.3) is 0 Å². The molecule has 2 aliphatic heterocycles. The van der Waals surface area contributed by atoms with Gasteiger partial charge in [0.1, 0.15) is 23.9 Å². The van der Waals surface area contributed by atoms with E-state index in [4.69, 9.17) is 4.74 Å². The van der Waals surface area contributed by atoms with Crippen LogP contribution in [0.1, 0.15) is 23.6 Å². The highest BCUT2D eigenvalue weighted by molar-refractivity contribution is 5.98. The molecule has 2 N–H and O–H groups in total. The van der Waals surface area contributed by atoms with Gasteiger partial charge in [-0.1, -0.05) is 19.1 Å². The van der Waals surface area contributed by atoms with Crippen molar-refractivity contribution in [2.75, 3.05) is 44.7 Å². The van der Waals surface area contributed by atoms with E-state index < -0.39 is 0 Å². The Labute approximate surface area is 221 Å². The number of H-pyrrole nitrogens is 1. The van der Waals surface area contributed by atoms with Crippen LogP contribution in [0, 0.1) is 24.1 Å². The van der Waals surface area contributed by atoms with Crippen molar-refractivity contribution in [1.82, 2.24) is 20.4 Å². The van der Waals surface area contributed by atoms with Gasteiger partial charge < -0.3 is 15.0 Å². The summed E-state index contributed by atoms with van der Waals surface area (Å²) in [5.41, 5.74) is 6.59. The number of aryl methyl sites for hydroxylation is 1. The lowest BCUT2D eigenvalue weighted by atomic mass is 9.92. The number of ether oxygens (including phenoxy) is 1. The van der Waals surface area contributed by atoms with Crippen LogP contribution in [0.25, 0.3) is 33.3 Å². The van der Waals surface area contributed by atoms with Gasteiger partial charge in [-0.05, 0) is 62.0 Å². The minimum atomic E-state index is -0.337. The van der Waals surface area contributed by atoms with Crippen LogP contribution in [-0.2, 0) is 6.54 Å². The lowest BCUT2D eigenvalue weighted by Crippen LogP contribution is -2.57. The first-order valence-corrected chi connectivity index (χ1v) is 13.1. The average Bonchev–Trinajstić information content (AvgIpc) is 3.34. The average molecular weight is 511 g/mol. The van der Waals surface area contributed by atoms with Crippen molar-refractivity contribution in [3.8, 4) is 34.2 Å². The molecule has 0 bridgehead atoms. The summed E-state index contributed by atoms with van der Waals surface area (Å²) in [5, 5.41) is 21.5. The molecule has 7 nitrogen and oxygen atoms in total. The second-order valence-corrected chi connectivity index (χ2v) is 10.2. The second kappa shape index (κ2) is 9.75. The molecule has 0 amide bonds. The van der Waals surface area contributed by atoms with Gasteiger partial charge in [0.05, 0.1) is 28.9 Å².